The van der Waals surface area contributed by atoms with Crippen molar-refractivity contribution in [2.45, 2.75) is 52.1 Å². The summed E-state index contributed by atoms with van der Waals surface area (Å²) in [5, 5.41) is 0. The van der Waals surface area contributed by atoms with Gasteiger partial charge < -0.3 is 4.74 Å². The minimum absolute atomic E-state index is 0.204. The molecule has 2 nitrogen and oxygen atoms in total. The minimum Gasteiger partial charge on any atom is -0.370 e. The topological polar surface area (TPSA) is 26.3 Å². The molecule has 0 bridgehead atoms. The van der Waals surface area contributed by atoms with E-state index in [0.717, 1.165) is 31.3 Å². The number of carbonyl (C=O) groups excluding carboxylic acids is 1. The Morgan fingerprint density at radius 1 is 1.50 bits per heavy atom. The van der Waals surface area contributed by atoms with Crippen LogP contribution in [-0.2, 0) is 9.53 Å². The molecule has 1 aliphatic carbocycles. The van der Waals surface area contributed by atoms with Gasteiger partial charge in [-0.25, -0.2) is 0 Å². The molecule has 2 heteroatoms. The lowest BCUT2D eigenvalue weighted by Crippen LogP contribution is -2.25. The maximum absolute atomic E-state index is 11.9. The summed E-state index contributed by atoms with van der Waals surface area (Å²) in [6.45, 7) is 4.56. The monoisotopic (exact) mass is 196 g/mol. The fourth-order valence-corrected chi connectivity index (χ4v) is 1.85. The van der Waals surface area contributed by atoms with Crippen molar-refractivity contribution in [1.29, 1.82) is 0 Å². The molecule has 0 aromatic heterocycles. The van der Waals surface area contributed by atoms with Crippen molar-refractivity contribution in [3.8, 4) is 0 Å². The van der Waals surface area contributed by atoms with Crippen molar-refractivity contribution < 1.29 is 9.53 Å². The lowest BCUT2D eigenvalue weighted by molar-refractivity contribution is -0.126. The number of ether oxygens (including phenoxy) is 1. The van der Waals surface area contributed by atoms with Crippen LogP contribution in [0, 0.1) is 0 Å². The van der Waals surface area contributed by atoms with Crippen LogP contribution in [0.15, 0.2) is 11.6 Å². The van der Waals surface area contributed by atoms with Crippen molar-refractivity contribution in [2.75, 3.05) is 6.61 Å². The Morgan fingerprint density at radius 3 is 2.79 bits per heavy atom. The van der Waals surface area contributed by atoms with Gasteiger partial charge in [-0.3, -0.25) is 4.79 Å². The number of ketones is 1. The summed E-state index contributed by atoms with van der Waals surface area (Å²) < 4.78 is 5.42. The molecule has 0 radical (unpaired) electrons. The van der Waals surface area contributed by atoms with E-state index in [1.165, 1.54) is 6.42 Å². The molecule has 1 rings (SSSR count). The summed E-state index contributed by atoms with van der Waals surface area (Å²) in [5.41, 5.74) is 0.997. The Balaban J connectivity index is 2.56. The SMILES string of the molecule is CCOC(CC)C(=O)C1=CCCCC1. The molecule has 0 N–H and O–H groups in total. The number of hydrogen-bond acceptors (Lipinski definition) is 2. The van der Waals surface area contributed by atoms with Gasteiger partial charge in [-0.1, -0.05) is 13.0 Å². The van der Waals surface area contributed by atoms with Crippen LogP contribution < -0.4 is 0 Å². The Morgan fingerprint density at radius 2 is 2.29 bits per heavy atom. The smallest absolute Gasteiger partial charge is 0.187 e. The van der Waals surface area contributed by atoms with E-state index >= 15 is 0 Å². The van der Waals surface area contributed by atoms with E-state index < -0.39 is 0 Å². The third kappa shape index (κ3) is 2.95. The maximum Gasteiger partial charge on any atom is 0.187 e. The highest BCUT2D eigenvalue weighted by Gasteiger charge is 2.21. The normalized spacial score (nSPS) is 18.9. The molecule has 0 saturated heterocycles. The third-order valence-corrected chi connectivity index (χ3v) is 2.64. The van der Waals surface area contributed by atoms with Crippen LogP contribution >= 0.6 is 0 Å². The van der Waals surface area contributed by atoms with E-state index in [0.29, 0.717) is 6.61 Å². The molecule has 0 aromatic rings. The maximum atomic E-state index is 11.9. The predicted molar refractivity (Wildman–Crippen MR) is 57.3 cm³/mol. The Bertz CT molecular complexity index is 218. The first-order valence-corrected chi connectivity index (χ1v) is 5.64. The average Bonchev–Trinajstić information content (AvgIpc) is 2.26. The molecule has 14 heavy (non-hydrogen) atoms. The van der Waals surface area contributed by atoms with Crippen LogP contribution in [0.3, 0.4) is 0 Å². The zero-order valence-corrected chi connectivity index (χ0v) is 9.21. The highest BCUT2D eigenvalue weighted by Crippen LogP contribution is 2.20. The number of rotatable bonds is 5. The molecule has 0 heterocycles. The molecular formula is C12H20O2. The van der Waals surface area contributed by atoms with Crippen LogP contribution in [0.5, 0.6) is 0 Å². The molecule has 1 aliphatic rings. The Hall–Kier alpha value is -0.630. The van der Waals surface area contributed by atoms with Gasteiger partial charge in [0.15, 0.2) is 5.78 Å². The van der Waals surface area contributed by atoms with E-state index in [2.05, 4.69) is 6.08 Å². The minimum atomic E-state index is -0.204. The molecule has 0 spiro atoms. The van der Waals surface area contributed by atoms with Crippen LogP contribution in [0.25, 0.3) is 0 Å². The molecule has 0 amide bonds. The van der Waals surface area contributed by atoms with Crippen molar-refractivity contribution in [2.24, 2.45) is 0 Å². The second-order valence-corrected chi connectivity index (χ2v) is 3.69. The van der Waals surface area contributed by atoms with Crippen molar-refractivity contribution in [1.82, 2.24) is 0 Å². The van der Waals surface area contributed by atoms with Crippen molar-refractivity contribution >= 4 is 5.78 Å². The summed E-state index contributed by atoms with van der Waals surface area (Å²) in [7, 11) is 0. The Kier molecular flexibility index (Phi) is 4.88. The quantitative estimate of drug-likeness (QED) is 0.676. The summed E-state index contributed by atoms with van der Waals surface area (Å²) in [4.78, 5) is 11.9. The van der Waals surface area contributed by atoms with Gasteiger partial charge in [0.2, 0.25) is 0 Å². The Labute approximate surface area is 86.3 Å². The molecule has 0 fully saturated rings. The van der Waals surface area contributed by atoms with Gasteiger partial charge in [-0.05, 0) is 44.6 Å². The van der Waals surface area contributed by atoms with Crippen LogP contribution in [0.2, 0.25) is 0 Å². The molecule has 1 unspecified atom stereocenters. The summed E-state index contributed by atoms with van der Waals surface area (Å²) in [5.74, 6) is 0.217. The van der Waals surface area contributed by atoms with Crippen LogP contribution in [0.4, 0.5) is 0 Å². The highest BCUT2D eigenvalue weighted by molar-refractivity contribution is 5.98. The molecule has 0 aromatic carbocycles. The zero-order chi connectivity index (χ0) is 10.4. The van der Waals surface area contributed by atoms with E-state index in [9.17, 15) is 4.79 Å². The van der Waals surface area contributed by atoms with Gasteiger partial charge in [-0.15, -0.1) is 0 Å². The third-order valence-electron chi connectivity index (χ3n) is 2.64. The number of allylic oxidation sites excluding steroid dienone is 1. The lowest BCUT2D eigenvalue weighted by Gasteiger charge is -2.18. The molecule has 0 saturated carbocycles. The van der Waals surface area contributed by atoms with Crippen molar-refractivity contribution in [3.63, 3.8) is 0 Å². The first-order chi connectivity index (χ1) is 6.79. The number of hydrogen-bond donors (Lipinski definition) is 0. The first kappa shape index (κ1) is 11.4. The largest absolute Gasteiger partial charge is 0.370 e. The predicted octanol–water partition coefficient (Wildman–Crippen LogP) is 2.87. The highest BCUT2D eigenvalue weighted by atomic mass is 16.5. The fourth-order valence-electron chi connectivity index (χ4n) is 1.85. The first-order valence-electron chi connectivity index (χ1n) is 5.64. The van der Waals surface area contributed by atoms with E-state index in [1.54, 1.807) is 0 Å². The van der Waals surface area contributed by atoms with E-state index in [1.807, 2.05) is 13.8 Å². The van der Waals surface area contributed by atoms with E-state index in [-0.39, 0.29) is 11.9 Å². The fraction of sp³-hybridized carbons (Fsp3) is 0.750. The van der Waals surface area contributed by atoms with Gasteiger partial charge in [0, 0.05) is 6.61 Å². The second-order valence-electron chi connectivity index (χ2n) is 3.69. The van der Waals surface area contributed by atoms with Gasteiger partial charge in [0.05, 0.1) is 0 Å². The molecule has 80 valence electrons. The molecular weight excluding hydrogens is 176 g/mol. The van der Waals surface area contributed by atoms with Crippen LogP contribution in [0.1, 0.15) is 46.0 Å². The lowest BCUT2D eigenvalue weighted by atomic mass is 9.93. The van der Waals surface area contributed by atoms with Gasteiger partial charge in [-0.2, -0.15) is 0 Å². The van der Waals surface area contributed by atoms with Crippen molar-refractivity contribution in [3.05, 3.63) is 11.6 Å². The van der Waals surface area contributed by atoms with Gasteiger partial charge in [0.25, 0.3) is 0 Å². The van der Waals surface area contributed by atoms with Crippen LogP contribution in [-0.4, -0.2) is 18.5 Å². The number of Topliss-reactive ketones (excluding diaryl/α,β-unsaturated/α-hetero) is 1. The zero-order valence-electron chi connectivity index (χ0n) is 9.21. The summed E-state index contributed by atoms with van der Waals surface area (Å²) >= 11 is 0. The summed E-state index contributed by atoms with van der Waals surface area (Å²) in [6, 6.07) is 0. The average molecular weight is 196 g/mol. The van der Waals surface area contributed by atoms with Gasteiger partial charge in [0.1, 0.15) is 6.10 Å². The van der Waals surface area contributed by atoms with E-state index in [4.69, 9.17) is 4.74 Å². The second kappa shape index (κ2) is 5.97. The standard InChI is InChI=1S/C12H20O2/c1-3-11(14-4-2)12(13)10-8-6-5-7-9-10/h8,11H,3-7,9H2,1-2H3. The van der Waals surface area contributed by atoms with Gasteiger partial charge >= 0.3 is 0 Å². The molecule has 0 aliphatic heterocycles. The summed E-state index contributed by atoms with van der Waals surface area (Å²) in [6.07, 6.45) is 7.05. The molecule has 1 atom stereocenters. The number of carbonyl (C=O) groups is 1.